The first kappa shape index (κ1) is 12.0. The summed E-state index contributed by atoms with van der Waals surface area (Å²) in [6.45, 7) is 2.26. The van der Waals surface area contributed by atoms with E-state index in [0.29, 0.717) is 6.04 Å². The van der Waals surface area contributed by atoms with Crippen LogP contribution in [0.5, 0.6) is 0 Å². The van der Waals surface area contributed by atoms with Gasteiger partial charge in [-0.3, -0.25) is 0 Å². The van der Waals surface area contributed by atoms with Gasteiger partial charge in [0.25, 0.3) is 0 Å². The Kier molecular flexibility index (Phi) is 4.55. The smallest absolute Gasteiger partial charge is 0.0388 e. The van der Waals surface area contributed by atoms with Crippen molar-refractivity contribution in [2.75, 3.05) is 11.5 Å². The minimum absolute atomic E-state index is 0.495. The van der Waals surface area contributed by atoms with Crippen LogP contribution in [0.2, 0.25) is 0 Å². The van der Waals surface area contributed by atoms with Gasteiger partial charge in [-0.25, -0.2) is 0 Å². The first-order valence-electron chi connectivity index (χ1n) is 5.33. The van der Waals surface area contributed by atoms with Crippen molar-refractivity contribution in [3.05, 3.63) is 20.8 Å². The average Bonchev–Trinajstić information content (AvgIpc) is 2.66. The van der Waals surface area contributed by atoms with Gasteiger partial charge in [0, 0.05) is 26.8 Å². The predicted octanol–water partition coefficient (Wildman–Crippen LogP) is 4.06. The maximum Gasteiger partial charge on any atom is 0.0388 e. The third-order valence-electron chi connectivity index (χ3n) is 2.72. The van der Waals surface area contributed by atoms with E-state index in [-0.39, 0.29) is 0 Å². The number of thiophene rings is 1. The van der Waals surface area contributed by atoms with E-state index >= 15 is 0 Å². The van der Waals surface area contributed by atoms with Crippen LogP contribution in [0.25, 0.3) is 0 Å². The van der Waals surface area contributed by atoms with Crippen molar-refractivity contribution in [2.24, 2.45) is 0 Å². The van der Waals surface area contributed by atoms with E-state index in [1.165, 1.54) is 33.7 Å². The molecule has 1 unspecified atom stereocenters. The normalized spacial score (nSPS) is 20.4. The van der Waals surface area contributed by atoms with Gasteiger partial charge in [0.1, 0.15) is 0 Å². The van der Waals surface area contributed by atoms with Crippen LogP contribution in [0.4, 0.5) is 0 Å². The predicted molar refractivity (Wildman–Crippen MR) is 73.9 cm³/mol. The van der Waals surface area contributed by atoms with Gasteiger partial charge < -0.3 is 5.32 Å². The van der Waals surface area contributed by atoms with Crippen molar-refractivity contribution in [3.63, 3.8) is 0 Å². The van der Waals surface area contributed by atoms with Crippen LogP contribution in [0.3, 0.4) is 0 Å². The molecule has 2 rings (SSSR count). The molecule has 4 heteroatoms. The van der Waals surface area contributed by atoms with Crippen LogP contribution < -0.4 is 5.32 Å². The SMILES string of the molecule is CC(NC1CCSCC1)c1cc(Br)cs1. The van der Waals surface area contributed by atoms with E-state index in [1.54, 1.807) is 0 Å². The molecule has 1 aromatic rings. The molecule has 1 fully saturated rings. The summed E-state index contributed by atoms with van der Waals surface area (Å²) in [6, 6.07) is 3.44. The van der Waals surface area contributed by atoms with Crippen molar-refractivity contribution < 1.29 is 0 Å². The summed E-state index contributed by atoms with van der Waals surface area (Å²) in [7, 11) is 0. The average molecular weight is 306 g/mol. The molecule has 15 heavy (non-hydrogen) atoms. The van der Waals surface area contributed by atoms with Crippen LogP contribution in [-0.4, -0.2) is 17.5 Å². The lowest BCUT2D eigenvalue weighted by atomic mass is 10.1. The molecule has 0 radical (unpaired) electrons. The van der Waals surface area contributed by atoms with E-state index < -0.39 is 0 Å². The lowest BCUT2D eigenvalue weighted by Crippen LogP contribution is -2.34. The molecule has 1 N–H and O–H groups in total. The summed E-state index contributed by atoms with van der Waals surface area (Å²) in [5, 5.41) is 5.88. The highest BCUT2D eigenvalue weighted by atomic mass is 79.9. The Balaban J connectivity index is 1.88. The zero-order valence-electron chi connectivity index (χ0n) is 8.83. The van der Waals surface area contributed by atoms with E-state index in [0.717, 1.165) is 6.04 Å². The van der Waals surface area contributed by atoms with Gasteiger partial charge in [0.05, 0.1) is 0 Å². The van der Waals surface area contributed by atoms with E-state index in [4.69, 9.17) is 0 Å². The van der Waals surface area contributed by atoms with Gasteiger partial charge in [0.2, 0.25) is 0 Å². The third-order valence-corrected chi connectivity index (χ3v) is 5.65. The first-order valence-corrected chi connectivity index (χ1v) is 8.16. The molecule has 0 saturated carbocycles. The number of thioether (sulfide) groups is 1. The zero-order chi connectivity index (χ0) is 10.7. The van der Waals surface area contributed by atoms with Crippen molar-refractivity contribution in [1.29, 1.82) is 0 Å². The summed E-state index contributed by atoms with van der Waals surface area (Å²) in [5.74, 6) is 2.64. The summed E-state index contributed by atoms with van der Waals surface area (Å²) in [5.41, 5.74) is 0. The van der Waals surface area contributed by atoms with Crippen LogP contribution >= 0.6 is 39.0 Å². The Hall–Kier alpha value is 0.490. The summed E-state index contributed by atoms with van der Waals surface area (Å²) < 4.78 is 1.20. The van der Waals surface area contributed by atoms with Gasteiger partial charge >= 0.3 is 0 Å². The minimum Gasteiger partial charge on any atom is -0.307 e. The highest BCUT2D eigenvalue weighted by Gasteiger charge is 2.17. The van der Waals surface area contributed by atoms with Gasteiger partial charge in [-0.15, -0.1) is 11.3 Å². The standard InChI is InChI=1S/C11H16BrNS2/c1-8(11-6-9(12)7-15-11)13-10-2-4-14-5-3-10/h6-8,10,13H,2-5H2,1H3. The van der Waals surface area contributed by atoms with Gasteiger partial charge in [-0.1, -0.05) is 0 Å². The topological polar surface area (TPSA) is 12.0 Å². The lowest BCUT2D eigenvalue weighted by Gasteiger charge is -2.25. The Morgan fingerprint density at radius 1 is 1.47 bits per heavy atom. The molecule has 2 heterocycles. The first-order chi connectivity index (χ1) is 7.25. The van der Waals surface area contributed by atoms with E-state index in [1.807, 2.05) is 11.3 Å². The molecule has 0 aromatic carbocycles. The fourth-order valence-corrected chi connectivity index (χ4v) is 4.42. The maximum absolute atomic E-state index is 3.72. The van der Waals surface area contributed by atoms with Crippen LogP contribution in [-0.2, 0) is 0 Å². The van der Waals surface area contributed by atoms with Crippen molar-refractivity contribution in [1.82, 2.24) is 5.32 Å². The van der Waals surface area contributed by atoms with Crippen LogP contribution in [0.1, 0.15) is 30.7 Å². The highest BCUT2D eigenvalue weighted by molar-refractivity contribution is 9.10. The molecule has 1 aliphatic rings. The Labute approximate surface area is 108 Å². The Morgan fingerprint density at radius 2 is 2.20 bits per heavy atom. The van der Waals surface area contributed by atoms with E-state index in [2.05, 4.69) is 51.4 Å². The van der Waals surface area contributed by atoms with Crippen LogP contribution in [0.15, 0.2) is 15.9 Å². The molecular formula is C11H16BrNS2. The zero-order valence-corrected chi connectivity index (χ0v) is 12.1. The molecule has 1 nitrogen and oxygen atoms in total. The second-order valence-electron chi connectivity index (χ2n) is 3.94. The second kappa shape index (κ2) is 5.71. The highest BCUT2D eigenvalue weighted by Crippen LogP contribution is 2.27. The van der Waals surface area contributed by atoms with Gasteiger partial charge in [-0.05, 0) is 53.3 Å². The summed E-state index contributed by atoms with van der Waals surface area (Å²) in [6.07, 6.45) is 2.64. The molecular weight excluding hydrogens is 290 g/mol. The second-order valence-corrected chi connectivity index (χ2v) is 7.03. The summed E-state index contributed by atoms with van der Waals surface area (Å²) in [4.78, 5) is 1.43. The van der Waals surface area contributed by atoms with Gasteiger partial charge in [-0.2, -0.15) is 11.8 Å². The maximum atomic E-state index is 3.72. The molecule has 84 valence electrons. The Morgan fingerprint density at radius 3 is 2.80 bits per heavy atom. The minimum atomic E-state index is 0.495. The quantitative estimate of drug-likeness (QED) is 0.904. The number of rotatable bonds is 3. The molecule has 0 spiro atoms. The fourth-order valence-electron chi connectivity index (χ4n) is 1.86. The molecule has 0 aliphatic carbocycles. The van der Waals surface area contributed by atoms with Crippen LogP contribution in [0, 0.1) is 0 Å². The number of nitrogens with one attached hydrogen (secondary N) is 1. The third kappa shape index (κ3) is 3.48. The molecule has 0 amide bonds. The largest absolute Gasteiger partial charge is 0.307 e. The molecule has 1 saturated heterocycles. The van der Waals surface area contributed by atoms with E-state index in [9.17, 15) is 0 Å². The number of halogens is 1. The van der Waals surface area contributed by atoms with Crippen molar-refractivity contribution in [2.45, 2.75) is 31.8 Å². The van der Waals surface area contributed by atoms with Crippen molar-refractivity contribution in [3.8, 4) is 0 Å². The molecule has 0 bridgehead atoms. The fraction of sp³-hybridized carbons (Fsp3) is 0.636. The van der Waals surface area contributed by atoms with Gasteiger partial charge in [0.15, 0.2) is 0 Å². The molecule has 1 atom stereocenters. The lowest BCUT2D eigenvalue weighted by molar-refractivity contribution is 0.434. The monoisotopic (exact) mass is 305 g/mol. The summed E-state index contributed by atoms with van der Waals surface area (Å²) >= 11 is 7.42. The molecule has 1 aromatic heterocycles. The number of hydrogen-bond donors (Lipinski definition) is 1. The van der Waals surface area contributed by atoms with Crippen molar-refractivity contribution >= 4 is 39.0 Å². The number of hydrogen-bond acceptors (Lipinski definition) is 3. The molecule has 1 aliphatic heterocycles. The Bertz CT molecular complexity index is 307.